The van der Waals surface area contributed by atoms with Crippen LogP contribution in [0.3, 0.4) is 0 Å². The molecular weight excluding hydrogens is 448 g/mol. The van der Waals surface area contributed by atoms with Gasteiger partial charge >= 0.3 is 33.9 Å². The number of ether oxygens (including phenoxy) is 3. The first-order valence-electron chi connectivity index (χ1n) is 8.49. The monoisotopic (exact) mass is 474 g/mol. The van der Waals surface area contributed by atoms with E-state index in [9.17, 15) is 9.90 Å². The third kappa shape index (κ3) is 17.2. The van der Waals surface area contributed by atoms with Crippen LogP contribution in [0.4, 0.5) is 0 Å². The number of rotatable bonds is 11. The second-order valence-corrected chi connectivity index (χ2v) is 5.16. The number of hydrogen-bond donors (Lipinski definition) is 1. The number of aliphatic hydroxyl groups excluding tert-OH is 1. The third-order valence-corrected chi connectivity index (χ3v) is 3.46. The Kier molecular flexibility index (Phi) is 32.4. The van der Waals surface area contributed by atoms with Gasteiger partial charge in [-0.25, -0.2) is 0 Å². The van der Waals surface area contributed by atoms with E-state index in [0.717, 1.165) is 11.3 Å². The topological polar surface area (TPSA) is 125 Å². The van der Waals surface area contributed by atoms with Crippen molar-refractivity contribution in [3.63, 3.8) is 0 Å². The van der Waals surface area contributed by atoms with Gasteiger partial charge in [0.15, 0.2) is 5.78 Å². The summed E-state index contributed by atoms with van der Waals surface area (Å²) in [5.74, 6) is 0.491. The maximum Gasteiger partial charge on any atom is 0 e. The number of aliphatic hydroxyl groups is 1. The van der Waals surface area contributed by atoms with Crippen LogP contribution in [0.5, 0.6) is 5.75 Å². The molecule has 1 rings (SSSR count). The molecule has 9 heteroatoms. The Labute approximate surface area is 193 Å². The molecule has 0 heterocycles. The minimum absolute atomic E-state index is 0. The summed E-state index contributed by atoms with van der Waals surface area (Å²) < 4.78 is 38.4. The van der Waals surface area contributed by atoms with Crippen LogP contribution in [-0.4, -0.2) is 43.9 Å². The molecule has 0 amide bonds. The first-order chi connectivity index (χ1) is 14.6. The van der Waals surface area contributed by atoms with E-state index in [1.165, 1.54) is 13.2 Å². The normalized spacial score (nSPS) is 11.2. The molecule has 0 fully saturated rings. The molecule has 170 valence electrons. The molecular formula is C22H26FeO8. The fraction of sp³-hybridized carbons (Fsp3) is 0.364. The molecule has 0 aliphatic heterocycles. The van der Waals surface area contributed by atoms with Gasteiger partial charge in [-0.15, -0.1) is 0 Å². The van der Waals surface area contributed by atoms with Crippen LogP contribution in [0.25, 0.3) is 0 Å². The van der Waals surface area contributed by atoms with Gasteiger partial charge < -0.3 is 19.3 Å². The van der Waals surface area contributed by atoms with Crippen LogP contribution >= 0.6 is 0 Å². The number of allylic oxidation sites excluding steroid dienone is 3. The molecule has 8 nitrogen and oxygen atoms in total. The van der Waals surface area contributed by atoms with Crippen LogP contribution in [0.2, 0.25) is 0 Å². The molecule has 1 aromatic rings. The summed E-state index contributed by atoms with van der Waals surface area (Å²) in [5, 5.41) is 10.1. The zero-order valence-corrected chi connectivity index (χ0v) is 18.7. The number of carbonyl (C=O) groups excluding carboxylic acids is 1. The van der Waals surface area contributed by atoms with Crippen molar-refractivity contribution in [3.05, 3.63) is 74.1 Å². The standard InChI is InChI=1S/C19H26O5.3CO.Fe/c1-4-5-6-10-16(20)19(23-3)17(21)12-13-24-14-15-9-7-8-11-18(15)22-2;3*1-2;/h4-11,17,19,21H,12-14H2,1-3H3;;;;/b5-4+,10-6+;;;;/t17-,19-;;;;/m1..../s1. The van der Waals surface area contributed by atoms with E-state index < -0.39 is 12.2 Å². The van der Waals surface area contributed by atoms with E-state index in [0.29, 0.717) is 19.6 Å². The van der Waals surface area contributed by atoms with Gasteiger partial charge in [0.2, 0.25) is 0 Å². The first-order valence-corrected chi connectivity index (χ1v) is 8.49. The average molecular weight is 474 g/mol. The average Bonchev–Trinajstić information content (AvgIpc) is 2.81. The smallest absolute Gasteiger partial charge is 0 e. The number of para-hydroxylation sites is 1. The fourth-order valence-corrected chi connectivity index (χ4v) is 2.18. The van der Waals surface area contributed by atoms with E-state index >= 15 is 0 Å². The number of methoxy groups -OCH3 is 2. The summed E-state index contributed by atoms with van der Waals surface area (Å²) in [7, 11) is 3.02. The summed E-state index contributed by atoms with van der Waals surface area (Å²) >= 11 is 0. The molecule has 0 spiro atoms. The van der Waals surface area contributed by atoms with Gasteiger partial charge in [-0.3, -0.25) is 4.79 Å². The minimum atomic E-state index is -0.921. The summed E-state index contributed by atoms with van der Waals surface area (Å²) in [6.45, 7) is 16.0. The van der Waals surface area contributed by atoms with E-state index in [1.807, 2.05) is 37.3 Å². The molecule has 0 bridgehead atoms. The molecule has 1 aromatic carbocycles. The van der Waals surface area contributed by atoms with E-state index in [1.54, 1.807) is 19.3 Å². The SMILES string of the molecule is C/C=C/C=C/C(=O)[C@@H](OC)[C@H](O)CCOCc1ccccc1OC.[C-]#[O+].[C-]#[O+].[C-]#[O+].[Fe]. The molecule has 0 saturated heterocycles. The molecule has 2 atom stereocenters. The van der Waals surface area contributed by atoms with Gasteiger partial charge in [-0.2, -0.15) is 0 Å². The molecule has 0 aliphatic rings. The molecule has 1 N–H and O–H groups in total. The quantitative estimate of drug-likeness (QED) is 0.132. The zero-order valence-electron chi connectivity index (χ0n) is 17.6. The van der Waals surface area contributed by atoms with Crippen molar-refractivity contribution >= 4 is 5.78 Å². The van der Waals surface area contributed by atoms with Crippen LogP contribution in [-0.2, 0) is 51.9 Å². The molecule has 31 heavy (non-hydrogen) atoms. The van der Waals surface area contributed by atoms with Crippen molar-refractivity contribution in [2.75, 3.05) is 20.8 Å². The second kappa shape index (κ2) is 27.8. The Bertz CT molecular complexity index is 665. The predicted molar refractivity (Wildman–Crippen MR) is 105 cm³/mol. The van der Waals surface area contributed by atoms with Crippen molar-refractivity contribution in [3.8, 4) is 5.75 Å². The van der Waals surface area contributed by atoms with Gasteiger partial charge in [-0.1, -0.05) is 36.4 Å². The first kappa shape index (κ1) is 36.2. The van der Waals surface area contributed by atoms with E-state index in [4.69, 9.17) is 28.2 Å². The van der Waals surface area contributed by atoms with E-state index in [-0.39, 0.29) is 22.9 Å². The summed E-state index contributed by atoms with van der Waals surface area (Å²) in [6, 6.07) is 7.59. The van der Waals surface area contributed by atoms with Crippen molar-refractivity contribution in [1.82, 2.24) is 0 Å². The van der Waals surface area contributed by atoms with Crippen LogP contribution in [0, 0.1) is 20.0 Å². The van der Waals surface area contributed by atoms with Crippen molar-refractivity contribution < 1.29 is 55.1 Å². The van der Waals surface area contributed by atoms with Gasteiger partial charge in [0.25, 0.3) is 0 Å². The van der Waals surface area contributed by atoms with Gasteiger partial charge in [0.1, 0.15) is 11.9 Å². The number of benzene rings is 1. The zero-order chi connectivity index (χ0) is 23.8. The van der Waals surface area contributed by atoms with Crippen LogP contribution < -0.4 is 4.74 Å². The van der Waals surface area contributed by atoms with Crippen molar-refractivity contribution in [2.24, 2.45) is 0 Å². The largest absolute Gasteiger partial charge is 0 e. The summed E-state index contributed by atoms with van der Waals surface area (Å²) in [5.41, 5.74) is 0.933. The third-order valence-electron chi connectivity index (χ3n) is 3.46. The Morgan fingerprint density at radius 3 is 2.19 bits per heavy atom. The molecule has 0 aromatic heterocycles. The summed E-state index contributed by atoms with van der Waals surface area (Å²) in [6.07, 6.45) is 5.07. The Balaban J connectivity index is -0.000000477. The Hall–Kier alpha value is -2.21. The van der Waals surface area contributed by atoms with Gasteiger partial charge in [0, 0.05) is 36.3 Å². The van der Waals surface area contributed by atoms with E-state index in [2.05, 4.69) is 20.0 Å². The maximum atomic E-state index is 12.0. The summed E-state index contributed by atoms with van der Waals surface area (Å²) in [4.78, 5) is 12.0. The van der Waals surface area contributed by atoms with Crippen molar-refractivity contribution in [2.45, 2.75) is 32.2 Å². The molecule has 0 saturated carbocycles. The molecule has 0 radical (unpaired) electrons. The second-order valence-electron chi connectivity index (χ2n) is 5.16. The van der Waals surface area contributed by atoms with Gasteiger partial charge in [-0.05, 0) is 25.5 Å². The molecule has 0 unspecified atom stereocenters. The Morgan fingerprint density at radius 1 is 1.10 bits per heavy atom. The number of hydrogen-bond acceptors (Lipinski definition) is 5. The molecule has 0 aliphatic carbocycles. The van der Waals surface area contributed by atoms with Crippen LogP contribution in [0.1, 0.15) is 18.9 Å². The minimum Gasteiger partial charge on any atom is 0 e. The van der Waals surface area contributed by atoms with Gasteiger partial charge in [0.05, 0.1) is 19.8 Å². The maximum absolute atomic E-state index is 12.0. The Morgan fingerprint density at radius 2 is 1.68 bits per heavy atom. The van der Waals surface area contributed by atoms with Crippen molar-refractivity contribution in [1.29, 1.82) is 0 Å². The number of carbonyl (C=O) groups is 1. The fourth-order valence-electron chi connectivity index (χ4n) is 2.18. The predicted octanol–water partition coefficient (Wildman–Crippen LogP) is 2.56. The van der Waals surface area contributed by atoms with Crippen LogP contribution in [0.15, 0.2) is 48.6 Å². The number of ketones is 1.